The number of anilines is 1. The number of carbonyl (C=O) groups is 3. The fourth-order valence-electron chi connectivity index (χ4n) is 3.17. The topological polar surface area (TPSA) is 66.9 Å². The first-order valence-electron chi connectivity index (χ1n) is 8.71. The van der Waals surface area contributed by atoms with Crippen molar-refractivity contribution in [1.82, 2.24) is 4.90 Å². The number of rotatable bonds is 4. The third kappa shape index (κ3) is 3.77. The fourth-order valence-corrected chi connectivity index (χ4v) is 4.08. The molecule has 2 aliphatic rings. The van der Waals surface area contributed by atoms with Crippen LogP contribution in [0.5, 0.6) is 0 Å². The Hall–Kier alpha value is -2.28. The number of amides is 2. The van der Waals surface area contributed by atoms with Crippen molar-refractivity contribution < 1.29 is 19.1 Å². The molecule has 0 saturated carbocycles. The van der Waals surface area contributed by atoms with E-state index in [2.05, 4.69) is 9.64 Å². The van der Waals surface area contributed by atoms with Gasteiger partial charge in [0.05, 0.1) is 12.0 Å². The van der Waals surface area contributed by atoms with Crippen molar-refractivity contribution in [3.05, 3.63) is 34.7 Å². The molecule has 0 bridgehead atoms. The van der Waals surface area contributed by atoms with Gasteiger partial charge in [0, 0.05) is 18.8 Å². The number of nitrogens with zero attached hydrogens (tertiary/aromatic N) is 2. The van der Waals surface area contributed by atoms with Crippen LogP contribution in [0.25, 0.3) is 6.08 Å². The van der Waals surface area contributed by atoms with E-state index in [1.54, 1.807) is 6.08 Å². The quantitative estimate of drug-likeness (QED) is 0.595. The maximum absolute atomic E-state index is 12.5. The number of methoxy groups -OCH3 is 1. The van der Waals surface area contributed by atoms with Crippen LogP contribution in [0.1, 0.15) is 31.7 Å². The molecule has 2 aliphatic heterocycles. The van der Waals surface area contributed by atoms with E-state index >= 15 is 0 Å². The summed E-state index contributed by atoms with van der Waals surface area (Å²) in [5.41, 5.74) is 2.02. The molecular weight excluding hydrogens is 352 g/mol. The number of benzene rings is 1. The summed E-state index contributed by atoms with van der Waals surface area (Å²) < 4.78 is 4.63. The van der Waals surface area contributed by atoms with E-state index < -0.39 is 23.2 Å². The number of carbonyl (C=O) groups excluding carboxylic acids is 3. The van der Waals surface area contributed by atoms with Gasteiger partial charge >= 0.3 is 5.97 Å². The van der Waals surface area contributed by atoms with E-state index in [0.29, 0.717) is 4.91 Å². The number of hydrogen-bond acceptors (Lipinski definition) is 6. The molecule has 2 heterocycles. The largest absolute Gasteiger partial charge is 0.467 e. The van der Waals surface area contributed by atoms with Gasteiger partial charge in [0.25, 0.3) is 11.1 Å². The van der Waals surface area contributed by atoms with Crippen molar-refractivity contribution in [2.45, 2.75) is 32.2 Å². The second-order valence-electron chi connectivity index (χ2n) is 6.39. The summed E-state index contributed by atoms with van der Waals surface area (Å²) in [5, 5.41) is -0.455. The first-order chi connectivity index (χ1) is 12.5. The number of thioether (sulfide) groups is 1. The van der Waals surface area contributed by atoms with Gasteiger partial charge in [0.1, 0.15) is 6.04 Å². The van der Waals surface area contributed by atoms with Crippen LogP contribution in [0.3, 0.4) is 0 Å². The minimum absolute atomic E-state index is 0.316. The summed E-state index contributed by atoms with van der Waals surface area (Å²) in [6, 6.07) is 7.04. The average molecular weight is 374 g/mol. The first-order valence-corrected chi connectivity index (χ1v) is 9.53. The Labute approximate surface area is 157 Å². The Kier molecular flexibility index (Phi) is 5.66. The zero-order chi connectivity index (χ0) is 18.7. The molecule has 2 saturated heterocycles. The lowest BCUT2D eigenvalue weighted by Crippen LogP contribution is -2.42. The summed E-state index contributed by atoms with van der Waals surface area (Å²) in [6.45, 7) is 3.63. The molecule has 2 amide bonds. The molecule has 0 aromatic heterocycles. The first kappa shape index (κ1) is 18.5. The van der Waals surface area contributed by atoms with Gasteiger partial charge in [0.2, 0.25) is 0 Å². The van der Waals surface area contributed by atoms with Gasteiger partial charge < -0.3 is 9.64 Å². The number of imide groups is 1. The molecule has 0 radical (unpaired) electrons. The second kappa shape index (κ2) is 7.95. The van der Waals surface area contributed by atoms with E-state index in [9.17, 15) is 14.4 Å². The van der Waals surface area contributed by atoms with Gasteiger partial charge in [-0.15, -0.1) is 0 Å². The number of piperidine rings is 1. The normalized spacial score (nSPS) is 20.6. The SMILES string of the molecule is COC(=O)C(C)N1C(=O)S/C(=C/c2ccc(N3CCCCC3)cc2)C1=O. The highest BCUT2D eigenvalue weighted by molar-refractivity contribution is 8.18. The Bertz CT molecular complexity index is 738. The van der Waals surface area contributed by atoms with Crippen LogP contribution in [0.4, 0.5) is 10.5 Å². The molecule has 138 valence electrons. The van der Waals surface area contributed by atoms with Crippen molar-refractivity contribution >= 4 is 40.6 Å². The molecule has 3 rings (SSSR count). The molecule has 6 nitrogen and oxygen atoms in total. The van der Waals surface area contributed by atoms with Gasteiger partial charge in [-0.2, -0.15) is 0 Å². The summed E-state index contributed by atoms with van der Waals surface area (Å²) in [4.78, 5) is 39.9. The lowest BCUT2D eigenvalue weighted by atomic mass is 10.1. The van der Waals surface area contributed by atoms with E-state index in [1.807, 2.05) is 24.3 Å². The summed E-state index contributed by atoms with van der Waals surface area (Å²) in [6.07, 6.45) is 5.41. The van der Waals surface area contributed by atoms with Crippen LogP contribution in [0.2, 0.25) is 0 Å². The molecule has 0 N–H and O–H groups in total. The molecule has 2 fully saturated rings. The highest BCUT2D eigenvalue weighted by atomic mass is 32.2. The van der Waals surface area contributed by atoms with Crippen LogP contribution in [0.15, 0.2) is 29.2 Å². The highest BCUT2D eigenvalue weighted by Crippen LogP contribution is 2.34. The predicted molar refractivity (Wildman–Crippen MR) is 102 cm³/mol. The van der Waals surface area contributed by atoms with Crippen LogP contribution >= 0.6 is 11.8 Å². The van der Waals surface area contributed by atoms with Gasteiger partial charge in [-0.3, -0.25) is 14.5 Å². The minimum atomic E-state index is -0.931. The van der Waals surface area contributed by atoms with Gasteiger partial charge in [-0.05, 0) is 61.7 Å². The van der Waals surface area contributed by atoms with Crippen molar-refractivity contribution in [3.63, 3.8) is 0 Å². The number of hydrogen-bond donors (Lipinski definition) is 0. The number of ether oxygens (including phenoxy) is 1. The van der Waals surface area contributed by atoms with Gasteiger partial charge in [-0.25, -0.2) is 4.79 Å². The second-order valence-corrected chi connectivity index (χ2v) is 7.38. The van der Waals surface area contributed by atoms with Crippen LogP contribution in [0, 0.1) is 0 Å². The average Bonchev–Trinajstić information content (AvgIpc) is 2.95. The molecule has 0 spiro atoms. The summed E-state index contributed by atoms with van der Waals surface area (Å²) in [7, 11) is 1.23. The minimum Gasteiger partial charge on any atom is -0.467 e. The molecule has 7 heteroatoms. The fraction of sp³-hybridized carbons (Fsp3) is 0.421. The smallest absolute Gasteiger partial charge is 0.328 e. The molecular formula is C19H22N2O4S. The van der Waals surface area contributed by atoms with Gasteiger partial charge in [0.15, 0.2) is 0 Å². The van der Waals surface area contributed by atoms with Gasteiger partial charge in [-0.1, -0.05) is 12.1 Å². The molecule has 1 aromatic carbocycles. The molecule has 1 aromatic rings. The standard InChI is InChI=1S/C19H22N2O4S/c1-13(18(23)25-2)21-17(22)16(26-19(21)24)12-14-6-8-15(9-7-14)20-10-4-3-5-11-20/h6-9,12-13H,3-5,10-11H2,1-2H3/b16-12+. The summed E-state index contributed by atoms with van der Waals surface area (Å²) >= 11 is 0.845. The maximum atomic E-state index is 12.5. The van der Waals surface area contributed by atoms with Crippen molar-refractivity contribution in [3.8, 4) is 0 Å². The maximum Gasteiger partial charge on any atom is 0.328 e. The molecule has 0 aliphatic carbocycles. The van der Waals surface area contributed by atoms with E-state index in [0.717, 1.165) is 35.3 Å². The zero-order valence-corrected chi connectivity index (χ0v) is 15.8. The van der Waals surface area contributed by atoms with Crippen molar-refractivity contribution in [2.75, 3.05) is 25.1 Å². The third-order valence-corrected chi connectivity index (χ3v) is 5.55. The van der Waals surface area contributed by atoms with Crippen molar-refractivity contribution in [1.29, 1.82) is 0 Å². The lowest BCUT2D eigenvalue weighted by molar-refractivity contribution is -0.148. The Morgan fingerprint density at radius 3 is 2.42 bits per heavy atom. The van der Waals surface area contributed by atoms with E-state index in [4.69, 9.17) is 0 Å². The highest BCUT2D eigenvalue weighted by Gasteiger charge is 2.41. The molecule has 1 unspecified atom stereocenters. The lowest BCUT2D eigenvalue weighted by Gasteiger charge is -2.28. The zero-order valence-electron chi connectivity index (χ0n) is 14.9. The van der Waals surface area contributed by atoms with Crippen molar-refractivity contribution in [2.24, 2.45) is 0 Å². The Morgan fingerprint density at radius 1 is 1.15 bits per heavy atom. The van der Waals surface area contributed by atoms with Crippen LogP contribution < -0.4 is 4.90 Å². The predicted octanol–water partition coefficient (Wildman–Crippen LogP) is 3.27. The monoisotopic (exact) mass is 374 g/mol. The van der Waals surface area contributed by atoms with Crippen LogP contribution in [-0.2, 0) is 14.3 Å². The Balaban J connectivity index is 1.74. The van der Waals surface area contributed by atoms with Crippen LogP contribution in [-0.4, -0.2) is 48.3 Å². The molecule has 26 heavy (non-hydrogen) atoms. The van der Waals surface area contributed by atoms with E-state index in [-0.39, 0.29) is 0 Å². The third-order valence-electron chi connectivity index (χ3n) is 4.67. The molecule has 1 atom stereocenters. The summed E-state index contributed by atoms with van der Waals surface area (Å²) in [5.74, 6) is -1.07. The van der Waals surface area contributed by atoms with E-state index in [1.165, 1.54) is 39.0 Å². The Morgan fingerprint density at radius 2 is 1.81 bits per heavy atom. The number of esters is 1.